The van der Waals surface area contributed by atoms with Crippen molar-refractivity contribution in [1.82, 2.24) is 0 Å². The van der Waals surface area contributed by atoms with E-state index in [0.29, 0.717) is 73.1 Å². The molecular weight excluding hydrogens is 986 g/mol. The summed E-state index contributed by atoms with van der Waals surface area (Å²) in [5, 5.41) is 8.35. The molecule has 1 fully saturated rings. The lowest BCUT2D eigenvalue weighted by molar-refractivity contribution is -0.115. The lowest BCUT2D eigenvalue weighted by Crippen LogP contribution is -2.13. The number of terminal acetylenes is 1. The molecule has 358 valence electrons. The Morgan fingerprint density at radius 3 is 1.35 bits per heavy atom. The molecule has 0 radical (unpaired) electrons. The highest BCUT2D eigenvalue weighted by Gasteiger charge is 2.23. The Bertz CT molecular complexity index is 3180. The first-order chi connectivity index (χ1) is 34.4. The molecule has 0 saturated carbocycles. The Balaban J connectivity index is 0.000000150. The number of benzene rings is 6. The van der Waals surface area contributed by atoms with Crippen LogP contribution in [0.4, 0.5) is 30.2 Å². The van der Waals surface area contributed by atoms with Gasteiger partial charge in [-0.2, -0.15) is 0 Å². The van der Waals surface area contributed by atoms with Crippen molar-refractivity contribution in [2.45, 2.75) is 32.0 Å². The zero-order chi connectivity index (χ0) is 50.3. The molecule has 4 heterocycles. The van der Waals surface area contributed by atoms with Gasteiger partial charge in [-0.3, -0.25) is 29.4 Å². The van der Waals surface area contributed by atoms with Crippen LogP contribution in [0.2, 0.25) is 19.1 Å². The van der Waals surface area contributed by atoms with E-state index in [2.05, 4.69) is 77.7 Å². The molecule has 0 atom stereocenters. The first-order valence-electron chi connectivity index (χ1n) is 22.8. The van der Waals surface area contributed by atoms with Crippen LogP contribution in [-0.4, -0.2) is 76.5 Å². The molecule has 15 heteroatoms. The minimum atomic E-state index is -0.724. The number of carbonyl (C=O) groups is 3. The maximum Gasteiger partial charge on any atom is 0.246 e. The highest BCUT2D eigenvalue weighted by atomic mass is 79.9. The number of aliphatic imine (C=N–C) groups is 3. The molecule has 6 aromatic carbocycles. The van der Waals surface area contributed by atoms with E-state index < -0.39 is 8.80 Å². The smallest absolute Gasteiger partial charge is 0.246 e. The second-order valence-electron chi connectivity index (χ2n) is 16.7. The SMILES string of the molecule is C#Cc1ccc2c(c1)C(c1ccccc1F)=NCC(=O)N2.C1CCOC1.C[SiH](C)CC#Cc1ccc2c(c1)C(c1ccccc1F)=NCC(=O)N2.O=C1CN=C(c2ccccc2F)c2cc(Br)ccc2N1. The van der Waals surface area contributed by atoms with Gasteiger partial charge in [0.05, 0.1) is 34.2 Å². The van der Waals surface area contributed by atoms with Crippen LogP contribution in [0, 0.1) is 41.6 Å². The second kappa shape index (κ2) is 24.7. The minimum absolute atomic E-state index is 0.0179. The third-order valence-corrected chi connectivity index (χ3v) is 12.4. The fraction of sp³-hybridized carbons (Fsp3) is 0.179. The molecule has 3 N–H and O–H groups in total. The van der Waals surface area contributed by atoms with E-state index in [1.807, 2.05) is 30.3 Å². The maximum absolute atomic E-state index is 14.3. The van der Waals surface area contributed by atoms with E-state index in [0.717, 1.165) is 29.3 Å². The summed E-state index contributed by atoms with van der Waals surface area (Å²) < 4.78 is 48.1. The predicted molar refractivity (Wildman–Crippen MR) is 282 cm³/mol. The zero-order valence-corrected chi connectivity index (χ0v) is 41.7. The molecule has 0 bridgehead atoms. The molecule has 3 amide bonds. The van der Waals surface area contributed by atoms with Crippen LogP contribution in [-0.2, 0) is 19.1 Å². The van der Waals surface area contributed by atoms with Gasteiger partial charge in [0.2, 0.25) is 17.7 Å². The van der Waals surface area contributed by atoms with E-state index in [1.54, 1.807) is 78.9 Å². The fourth-order valence-corrected chi connectivity index (χ4v) is 8.35. The summed E-state index contributed by atoms with van der Waals surface area (Å²) in [5.74, 6) is 7.15. The molecule has 71 heavy (non-hydrogen) atoms. The summed E-state index contributed by atoms with van der Waals surface area (Å²) in [6, 6.07) is 36.3. The van der Waals surface area contributed by atoms with Gasteiger partial charge in [-0.1, -0.05) is 77.3 Å². The van der Waals surface area contributed by atoms with E-state index in [9.17, 15) is 27.6 Å². The van der Waals surface area contributed by atoms with E-state index >= 15 is 0 Å². The maximum atomic E-state index is 14.3. The molecule has 0 aliphatic carbocycles. The quantitative estimate of drug-likeness (QED) is 0.120. The normalized spacial score (nSPS) is 14.3. The molecule has 4 aliphatic heterocycles. The van der Waals surface area contributed by atoms with Crippen molar-refractivity contribution >= 4 is 76.6 Å². The number of amides is 3. The van der Waals surface area contributed by atoms with Crippen LogP contribution in [0.5, 0.6) is 0 Å². The Hall–Kier alpha value is -7.69. The van der Waals surface area contributed by atoms with Gasteiger partial charge in [-0.25, -0.2) is 13.2 Å². The summed E-state index contributed by atoms with van der Waals surface area (Å²) in [7, 11) is -0.724. The summed E-state index contributed by atoms with van der Waals surface area (Å²) in [6.45, 7) is 6.41. The first-order valence-corrected chi connectivity index (χ1v) is 26.7. The third kappa shape index (κ3) is 13.8. The van der Waals surface area contributed by atoms with Crippen LogP contribution in [0.1, 0.15) is 57.3 Å². The number of ether oxygens (including phenoxy) is 1. The van der Waals surface area contributed by atoms with Crippen molar-refractivity contribution < 1.29 is 32.3 Å². The van der Waals surface area contributed by atoms with E-state index in [4.69, 9.17) is 11.2 Å². The number of rotatable bonds is 4. The van der Waals surface area contributed by atoms with Gasteiger partial charge < -0.3 is 20.7 Å². The molecule has 0 aromatic heterocycles. The highest BCUT2D eigenvalue weighted by molar-refractivity contribution is 9.10. The molecular formula is C56H48BrF3N6O4Si. The van der Waals surface area contributed by atoms with Crippen LogP contribution in [0.3, 0.4) is 0 Å². The van der Waals surface area contributed by atoms with Gasteiger partial charge >= 0.3 is 0 Å². The first kappa shape index (κ1) is 51.2. The Morgan fingerprint density at radius 1 is 0.563 bits per heavy atom. The van der Waals surface area contributed by atoms with Gasteiger partial charge in [-0.15, -0.1) is 12.3 Å². The van der Waals surface area contributed by atoms with Crippen LogP contribution in [0.25, 0.3) is 0 Å². The van der Waals surface area contributed by atoms with Gasteiger partial charge in [-0.05, 0) is 104 Å². The van der Waals surface area contributed by atoms with Crippen LogP contribution >= 0.6 is 15.9 Å². The van der Waals surface area contributed by atoms with E-state index in [1.165, 1.54) is 31.0 Å². The topological polar surface area (TPSA) is 134 Å². The Labute approximate surface area is 420 Å². The fourth-order valence-electron chi connectivity index (χ4n) is 7.48. The molecule has 0 spiro atoms. The predicted octanol–water partition coefficient (Wildman–Crippen LogP) is 10.2. The van der Waals surface area contributed by atoms with Crippen molar-refractivity contribution in [1.29, 1.82) is 0 Å². The van der Waals surface area contributed by atoms with Crippen LogP contribution in [0.15, 0.2) is 147 Å². The summed E-state index contributed by atoms with van der Waals surface area (Å²) in [5.41, 5.74) is 7.89. The molecule has 1 saturated heterocycles. The standard InChI is InChI=1S/C20H19FN2OSi.C17H11FN2O.C15H10BrFN2O.C4H8O/c1-25(2)11-5-6-14-9-10-18-16(12-14)20(22-13-19(24)23-18)15-7-3-4-8-17(15)21;1-2-11-7-8-15-13(9-11)17(19-10-16(21)20-15)12-5-3-4-6-14(12)18;16-9-5-6-13-11(7-9)15(18-8-14(20)19-13)10-3-1-2-4-12(10)17;1-2-4-5-3-1/h3-4,7-10,12,25H,11,13H2,1-2H3,(H,23,24);1,3-9H,10H2,(H,20,21);1-7H,8H2,(H,19,20);1-4H2. The second-order valence-corrected chi connectivity index (χ2v) is 20.8. The highest BCUT2D eigenvalue weighted by Crippen LogP contribution is 2.29. The number of halogens is 4. The van der Waals surface area contributed by atoms with E-state index in [-0.39, 0.29) is 54.8 Å². The number of anilines is 3. The Kier molecular flexibility index (Phi) is 17.8. The monoisotopic (exact) mass is 1030 g/mol. The lowest BCUT2D eigenvalue weighted by Gasteiger charge is -2.11. The number of carbonyl (C=O) groups excluding carboxylic acids is 3. The zero-order valence-electron chi connectivity index (χ0n) is 38.9. The Morgan fingerprint density at radius 2 is 0.958 bits per heavy atom. The van der Waals surface area contributed by atoms with Crippen molar-refractivity contribution in [2.75, 3.05) is 48.8 Å². The number of fused-ring (bicyclic) bond motifs is 3. The summed E-state index contributed by atoms with van der Waals surface area (Å²) >= 11 is 3.39. The number of hydrogen-bond donors (Lipinski definition) is 3. The number of nitrogens with one attached hydrogen (secondary N) is 3. The van der Waals surface area contributed by atoms with Crippen molar-refractivity contribution in [3.63, 3.8) is 0 Å². The molecule has 6 aromatic rings. The molecule has 4 aliphatic rings. The minimum Gasteiger partial charge on any atom is -0.381 e. The average molecular weight is 1030 g/mol. The van der Waals surface area contributed by atoms with Crippen LogP contribution < -0.4 is 16.0 Å². The summed E-state index contributed by atoms with van der Waals surface area (Å²) in [6.07, 6.45) is 7.97. The van der Waals surface area contributed by atoms with Crippen molar-refractivity contribution in [3.8, 4) is 24.2 Å². The molecule has 10 rings (SSSR count). The largest absolute Gasteiger partial charge is 0.381 e. The third-order valence-electron chi connectivity index (χ3n) is 10.9. The van der Waals surface area contributed by atoms with Gasteiger partial charge in [0.25, 0.3) is 0 Å². The van der Waals surface area contributed by atoms with Gasteiger partial charge in [0, 0.05) is 77.0 Å². The molecule has 0 unspecified atom stereocenters. The lowest BCUT2D eigenvalue weighted by atomic mass is 9.98. The number of hydrogen-bond acceptors (Lipinski definition) is 7. The van der Waals surface area contributed by atoms with Crippen molar-refractivity contribution in [3.05, 3.63) is 194 Å². The molecule has 10 nitrogen and oxygen atoms in total. The van der Waals surface area contributed by atoms with Crippen molar-refractivity contribution in [2.24, 2.45) is 15.0 Å². The number of nitrogens with zero attached hydrogens (tertiary/aromatic N) is 3. The summed E-state index contributed by atoms with van der Waals surface area (Å²) in [4.78, 5) is 48.1. The average Bonchev–Trinajstić information content (AvgIpc) is 3.80. The number of benzodiazepines with no additional fused rings is 3. The van der Waals surface area contributed by atoms with Gasteiger partial charge in [0.1, 0.15) is 37.1 Å². The van der Waals surface area contributed by atoms with Gasteiger partial charge in [0.15, 0.2) is 0 Å².